The van der Waals surface area contributed by atoms with E-state index in [1.54, 1.807) is 0 Å². The number of halogens is 3. The van der Waals surface area contributed by atoms with Crippen LogP contribution >= 0.6 is 0 Å². The van der Waals surface area contributed by atoms with Gasteiger partial charge in [0.05, 0.1) is 11.0 Å². The first-order valence-corrected chi connectivity index (χ1v) is 6.45. The molecule has 0 amide bonds. The first-order valence-electron chi connectivity index (χ1n) is 6.45. The van der Waals surface area contributed by atoms with Gasteiger partial charge in [0, 0.05) is 6.20 Å². The van der Waals surface area contributed by atoms with Gasteiger partial charge < -0.3 is 14.4 Å². The number of ether oxygens (including phenoxy) is 1. The minimum atomic E-state index is -1.95. The number of carbonyl (C=O) groups is 1. The summed E-state index contributed by atoms with van der Waals surface area (Å²) in [6, 6.07) is -1.15. The summed E-state index contributed by atoms with van der Waals surface area (Å²) >= 11 is 0. The Balaban J connectivity index is 2.66. The molecule has 0 spiro atoms. The Bertz CT molecular complexity index is 971. The fourth-order valence-electron chi connectivity index (χ4n) is 2.62. The summed E-state index contributed by atoms with van der Waals surface area (Å²) in [5.74, 6) is -6.20. The lowest BCUT2D eigenvalue weighted by Gasteiger charge is -2.27. The topological polar surface area (TPSA) is 112 Å². The molecule has 0 radical (unpaired) electrons. The summed E-state index contributed by atoms with van der Waals surface area (Å²) in [4.78, 5) is 33.2. The molecule has 11 heteroatoms. The third kappa shape index (κ3) is 1.94. The van der Waals surface area contributed by atoms with Crippen molar-refractivity contribution in [3.63, 3.8) is 0 Å². The number of rotatable bonds is 3. The maximum absolute atomic E-state index is 14.1. The number of pyridine rings is 1. The number of alkyl halides is 1. The molecule has 0 saturated heterocycles. The van der Waals surface area contributed by atoms with Crippen LogP contribution in [0, 0.1) is 21.7 Å². The molecule has 0 aliphatic carbocycles. The summed E-state index contributed by atoms with van der Waals surface area (Å²) in [6.45, 7) is -1.54. The van der Waals surface area contributed by atoms with Crippen LogP contribution in [-0.4, -0.2) is 33.8 Å². The van der Waals surface area contributed by atoms with E-state index >= 15 is 0 Å². The summed E-state index contributed by atoms with van der Waals surface area (Å²) in [6.07, 6.45) is 0.740. The van der Waals surface area contributed by atoms with Gasteiger partial charge >= 0.3 is 11.7 Å². The van der Waals surface area contributed by atoms with Crippen molar-refractivity contribution >= 4 is 22.6 Å². The number of nitro groups is 1. The van der Waals surface area contributed by atoms with Crippen molar-refractivity contribution < 1.29 is 32.7 Å². The second-order valence-corrected chi connectivity index (χ2v) is 4.99. The molecule has 3 rings (SSSR count). The monoisotopic (exact) mass is 344 g/mol. The Morgan fingerprint density at radius 1 is 1.46 bits per heavy atom. The van der Waals surface area contributed by atoms with Crippen LogP contribution in [0.1, 0.15) is 16.4 Å². The third-order valence-electron chi connectivity index (χ3n) is 3.69. The van der Waals surface area contributed by atoms with Crippen LogP contribution in [-0.2, 0) is 0 Å². The molecule has 0 unspecified atom stereocenters. The fourth-order valence-corrected chi connectivity index (χ4v) is 2.62. The highest BCUT2D eigenvalue weighted by Crippen LogP contribution is 2.40. The van der Waals surface area contributed by atoms with Crippen molar-refractivity contribution in [2.45, 2.75) is 6.04 Å². The van der Waals surface area contributed by atoms with Gasteiger partial charge in [-0.25, -0.2) is 9.18 Å². The summed E-state index contributed by atoms with van der Waals surface area (Å²) in [7, 11) is 0. The Morgan fingerprint density at radius 2 is 2.12 bits per heavy atom. The van der Waals surface area contributed by atoms with Gasteiger partial charge in [-0.3, -0.25) is 14.9 Å². The Kier molecular flexibility index (Phi) is 3.43. The molecule has 0 saturated carbocycles. The van der Waals surface area contributed by atoms with E-state index in [9.17, 15) is 32.9 Å². The van der Waals surface area contributed by atoms with Crippen LogP contribution in [0.2, 0.25) is 0 Å². The standard InChI is InChI=1S/C13H7F3N2O6/c14-1-4-3-24-12-8(16)7(15)9(18(22)23)6-10(12)17(4)2-5(11(6)19)13(20)21/h2,4H,1,3H2,(H,20,21)/t4-/m0/s1. The summed E-state index contributed by atoms with van der Waals surface area (Å²) in [5.41, 5.74) is -4.38. The lowest BCUT2D eigenvalue weighted by Crippen LogP contribution is -2.30. The van der Waals surface area contributed by atoms with Crippen LogP contribution in [0.3, 0.4) is 0 Å². The van der Waals surface area contributed by atoms with Gasteiger partial charge in [0.15, 0.2) is 5.75 Å². The maximum Gasteiger partial charge on any atom is 0.341 e. The largest absolute Gasteiger partial charge is 0.486 e. The quantitative estimate of drug-likeness (QED) is 0.671. The first kappa shape index (κ1) is 15.8. The zero-order valence-corrected chi connectivity index (χ0v) is 11.6. The zero-order chi connectivity index (χ0) is 17.8. The van der Waals surface area contributed by atoms with Crippen LogP contribution in [0.15, 0.2) is 11.0 Å². The number of carboxylic acids is 1. The van der Waals surface area contributed by atoms with Gasteiger partial charge in [0.2, 0.25) is 17.1 Å². The molecular formula is C13H7F3N2O6. The van der Waals surface area contributed by atoms with Gasteiger partial charge in [-0.05, 0) is 0 Å². The van der Waals surface area contributed by atoms with Crippen molar-refractivity contribution in [3.05, 3.63) is 43.7 Å². The fraction of sp³-hybridized carbons (Fsp3) is 0.231. The molecule has 2 aromatic rings. The smallest absolute Gasteiger partial charge is 0.341 e. The van der Waals surface area contributed by atoms with Crippen molar-refractivity contribution in [1.29, 1.82) is 0 Å². The molecular weight excluding hydrogens is 337 g/mol. The summed E-state index contributed by atoms with van der Waals surface area (Å²) in [5, 5.41) is 19.2. The number of nitrogens with zero attached hydrogens (tertiary/aromatic N) is 2. The third-order valence-corrected chi connectivity index (χ3v) is 3.69. The van der Waals surface area contributed by atoms with E-state index in [2.05, 4.69) is 0 Å². The highest BCUT2D eigenvalue weighted by Gasteiger charge is 2.37. The number of hydrogen-bond donors (Lipinski definition) is 1. The van der Waals surface area contributed by atoms with E-state index in [4.69, 9.17) is 9.84 Å². The molecule has 1 aromatic heterocycles. The molecule has 24 heavy (non-hydrogen) atoms. The highest BCUT2D eigenvalue weighted by molar-refractivity contribution is 5.99. The van der Waals surface area contributed by atoms with Gasteiger partial charge in [0.25, 0.3) is 0 Å². The molecule has 1 N–H and O–H groups in total. The summed E-state index contributed by atoms with van der Waals surface area (Å²) < 4.78 is 47.0. The predicted octanol–water partition coefficient (Wildman–Crippen LogP) is 1.79. The van der Waals surface area contributed by atoms with Crippen LogP contribution in [0.4, 0.5) is 18.9 Å². The number of benzene rings is 1. The van der Waals surface area contributed by atoms with Crippen LogP contribution in [0.5, 0.6) is 5.75 Å². The number of nitro benzene ring substituents is 1. The molecule has 0 fully saturated rings. The predicted molar refractivity (Wildman–Crippen MR) is 72.2 cm³/mol. The lowest BCUT2D eigenvalue weighted by molar-refractivity contribution is -0.386. The van der Waals surface area contributed by atoms with E-state index in [0.29, 0.717) is 0 Å². The molecule has 1 aliphatic rings. The normalized spacial score (nSPS) is 16.0. The SMILES string of the molecule is O=C(O)c1cn2c3c(c(F)c(F)c([N+](=O)[O-])c3c1=O)OC[C@@H]2CF. The van der Waals surface area contributed by atoms with E-state index in [0.717, 1.165) is 10.8 Å². The second kappa shape index (κ2) is 5.22. The van der Waals surface area contributed by atoms with E-state index in [-0.39, 0.29) is 0 Å². The zero-order valence-electron chi connectivity index (χ0n) is 11.6. The van der Waals surface area contributed by atoms with Gasteiger partial charge in [-0.2, -0.15) is 8.78 Å². The number of aromatic carboxylic acids is 1. The van der Waals surface area contributed by atoms with Crippen LogP contribution in [0.25, 0.3) is 10.9 Å². The molecule has 8 nitrogen and oxygen atoms in total. The number of carboxylic acid groups (broad SMARTS) is 1. The number of hydrogen-bond acceptors (Lipinski definition) is 5. The minimum absolute atomic E-state index is 0.464. The molecule has 2 heterocycles. The first-order chi connectivity index (χ1) is 11.3. The molecule has 126 valence electrons. The van der Waals surface area contributed by atoms with Crippen molar-refractivity contribution in [2.75, 3.05) is 13.3 Å². The van der Waals surface area contributed by atoms with Crippen molar-refractivity contribution in [2.24, 2.45) is 0 Å². The average Bonchev–Trinajstić information content (AvgIpc) is 2.53. The Morgan fingerprint density at radius 3 is 2.67 bits per heavy atom. The van der Waals surface area contributed by atoms with Gasteiger partial charge in [-0.1, -0.05) is 0 Å². The molecule has 1 aliphatic heterocycles. The van der Waals surface area contributed by atoms with Crippen molar-refractivity contribution in [3.8, 4) is 5.75 Å². The number of aromatic nitrogens is 1. The molecule has 1 aromatic carbocycles. The minimum Gasteiger partial charge on any atom is -0.486 e. The van der Waals surface area contributed by atoms with Gasteiger partial charge in [-0.15, -0.1) is 0 Å². The average molecular weight is 344 g/mol. The molecule has 1 atom stereocenters. The highest BCUT2D eigenvalue weighted by atomic mass is 19.2. The van der Waals surface area contributed by atoms with E-state index < -0.39 is 75.2 Å². The van der Waals surface area contributed by atoms with Gasteiger partial charge in [0.1, 0.15) is 29.7 Å². The Hall–Kier alpha value is -3.11. The Labute approximate surface area is 129 Å². The lowest BCUT2D eigenvalue weighted by atomic mass is 10.1. The molecule has 0 bridgehead atoms. The van der Waals surface area contributed by atoms with E-state index in [1.165, 1.54) is 0 Å². The van der Waals surface area contributed by atoms with Crippen molar-refractivity contribution in [1.82, 2.24) is 4.57 Å². The second-order valence-electron chi connectivity index (χ2n) is 4.99. The van der Waals surface area contributed by atoms with Crippen LogP contribution < -0.4 is 10.2 Å². The maximum atomic E-state index is 14.1. The van der Waals surface area contributed by atoms with E-state index in [1.807, 2.05) is 0 Å².